The summed E-state index contributed by atoms with van der Waals surface area (Å²) in [7, 11) is 6.23. The number of likely N-dealkylation sites (N-methyl/N-ethyl adjacent to an activating group) is 2. The Morgan fingerprint density at radius 2 is 1.91 bits per heavy atom. The summed E-state index contributed by atoms with van der Waals surface area (Å²) in [6.45, 7) is 3.29. The van der Waals surface area contributed by atoms with Crippen LogP contribution in [0.4, 0.5) is 17.3 Å². The van der Waals surface area contributed by atoms with Crippen LogP contribution in [0.25, 0.3) is 11.3 Å². The number of hydrogen-bond donors (Lipinski definition) is 1. The minimum absolute atomic E-state index is 0.0780. The van der Waals surface area contributed by atoms with Gasteiger partial charge in [0.05, 0.1) is 24.5 Å². The van der Waals surface area contributed by atoms with Crippen molar-refractivity contribution in [2.45, 2.75) is 18.9 Å². The minimum Gasteiger partial charge on any atom is -0.489 e. The van der Waals surface area contributed by atoms with Gasteiger partial charge in [-0.05, 0) is 56.6 Å². The Kier molecular flexibility index (Phi) is 8.14. The SMILES string of the molecule is CN(C)CCN(C)c1cccc(Nc2nccc(-c3ccc(OC4CCOCC4)c(C#N)c3)n2)c1. The number of ether oxygens (including phenoxy) is 2. The number of nitrogens with zero attached hydrogens (tertiary/aromatic N) is 5. The van der Waals surface area contributed by atoms with Gasteiger partial charge >= 0.3 is 0 Å². The second-order valence-corrected chi connectivity index (χ2v) is 8.92. The molecule has 0 aliphatic carbocycles. The van der Waals surface area contributed by atoms with Gasteiger partial charge in [0.25, 0.3) is 0 Å². The van der Waals surface area contributed by atoms with Crippen molar-refractivity contribution < 1.29 is 9.47 Å². The molecule has 2 heterocycles. The number of rotatable bonds is 9. The first-order chi connectivity index (χ1) is 17.0. The third kappa shape index (κ3) is 6.69. The van der Waals surface area contributed by atoms with Crippen LogP contribution in [-0.2, 0) is 4.74 Å². The normalized spacial score (nSPS) is 13.9. The van der Waals surface area contributed by atoms with Crippen LogP contribution in [0.2, 0.25) is 0 Å². The molecule has 1 aliphatic heterocycles. The number of anilines is 3. The Labute approximate surface area is 207 Å². The maximum Gasteiger partial charge on any atom is 0.227 e. The van der Waals surface area contributed by atoms with Crippen molar-refractivity contribution in [2.75, 3.05) is 57.7 Å². The third-order valence-corrected chi connectivity index (χ3v) is 5.94. The molecule has 1 N–H and O–H groups in total. The van der Waals surface area contributed by atoms with E-state index in [0.717, 1.165) is 48.6 Å². The minimum atomic E-state index is 0.0780. The Morgan fingerprint density at radius 1 is 1.09 bits per heavy atom. The van der Waals surface area contributed by atoms with Crippen LogP contribution < -0.4 is 15.0 Å². The number of aromatic nitrogens is 2. The van der Waals surface area contributed by atoms with Crippen LogP contribution in [-0.4, -0.2) is 68.4 Å². The molecule has 8 heteroatoms. The largest absolute Gasteiger partial charge is 0.489 e. The molecule has 0 atom stereocenters. The zero-order valence-corrected chi connectivity index (χ0v) is 20.6. The Bertz CT molecular complexity index is 1170. The summed E-state index contributed by atoms with van der Waals surface area (Å²) >= 11 is 0. The number of nitriles is 1. The van der Waals surface area contributed by atoms with Gasteiger partial charge in [-0.25, -0.2) is 9.97 Å². The van der Waals surface area contributed by atoms with E-state index in [0.29, 0.717) is 30.5 Å². The van der Waals surface area contributed by atoms with Crippen molar-refractivity contribution >= 4 is 17.3 Å². The molecule has 1 aromatic heterocycles. The molecule has 4 rings (SSSR count). The highest BCUT2D eigenvalue weighted by Gasteiger charge is 2.17. The van der Waals surface area contributed by atoms with Gasteiger partial charge in [-0.2, -0.15) is 5.26 Å². The molecule has 3 aromatic rings. The molecule has 0 radical (unpaired) electrons. The fourth-order valence-corrected chi connectivity index (χ4v) is 3.86. The van der Waals surface area contributed by atoms with E-state index in [9.17, 15) is 5.26 Å². The lowest BCUT2D eigenvalue weighted by atomic mass is 10.1. The third-order valence-electron chi connectivity index (χ3n) is 5.94. The lowest BCUT2D eigenvalue weighted by Crippen LogP contribution is -2.28. The maximum absolute atomic E-state index is 9.70. The second kappa shape index (κ2) is 11.6. The maximum atomic E-state index is 9.70. The summed E-state index contributed by atoms with van der Waals surface area (Å²) in [6, 6.07) is 17.9. The molecule has 1 fully saturated rings. The van der Waals surface area contributed by atoms with Crippen molar-refractivity contribution in [3.63, 3.8) is 0 Å². The van der Waals surface area contributed by atoms with E-state index in [1.54, 1.807) is 6.20 Å². The Morgan fingerprint density at radius 3 is 2.69 bits per heavy atom. The van der Waals surface area contributed by atoms with E-state index < -0.39 is 0 Å². The van der Waals surface area contributed by atoms with Gasteiger partial charge in [-0.3, -0.25) is 0 Å². The van der Waals surface area contributed by atoms with Crippen molar-refractivity contribution in [2.24, 2.45) is 0 Å². The summed E-state index contributed by atoms with van der Waals surface area (Å²) in [5.74, 6) is 1.10. The average Bonchev–Trinajstić information content (AvgIpc) is 2.88. The molecule has 0 unspecified atom stereocenters. The molecular weight excluding hydrogens is 440 g/mol. The van der Waals surface area contributed by atoms with Gasteiger partial charge in [-0.15, -0.1) is 0 Å². The van der Waals surface area contributed by atoms with Crippen molar-refractivity contribution in [3.8, 4) is 23.1 Å². The standard InChI is InChI=1S/C27H32N6O2/c1-32(2)13-14-33(3)23-6-4-5-22(18-23)30-27-29-12-9-25(31-27)20-7-8-26(21(17-20)19-28)35-24-10-15-34-16-11-24/h4-9,12,17-18,24H,10-11,13-16H2,1-3H3,(H,29,30,31). The van der Waals surface area contributed by atoms with E-state index in [4.69, 9.17) is 9.47 Å². The van der Waals surface area contributed by atoms with Crippen LogP contribution in [0.1, 0.15) is 18.4 Å². The van der Waals surface area contributed by atoms with Crippen LogP contribution in [0.15, 0.2) is 54.7 Å². The highest BCUT2D eigenvalue weighted by atomic mass is 16.5. The van der Waals surface area contributed by atoms with E-state index >= 15 is 0 Å². The first-order valence-corrected chi connectivity index (χ1v) is 11.9. The second-order valence-electron chi connectivity index (χ2n) is 8.92. The molecular formula is C27H32N6O2. The molecule has 0 spiro atoms. The van der Waals surface area contributed by atoms with Gasteiger partial charge in [-0.1, -0.05) is 6.07 Å². The summed E-state index contributed by atoms with van der Waals surface area (Å²) in [6.07, 6.45) is 3.46. The van der Waals surface area contributed by atoms with Gasteiger partial charge in [0.1, 0.15) is 17.9 Å². The summed E-state index contributed by atoms with van der Waals surface area (Å²) in [5, 5.41) is 13.0. The fourth-order valence-electron chi connectivity index (χ4n) is 3.86. The van der Waals surface area contributed by atoms with Crippen molar-refractivity contribution in [1.29, 1.82) is 5.26 Å². The molecule has 1 saturated heterocycles. The summed E-state index contributed by atoms with van der Waals surface area (Å²) in [4.78, 5) is 13.5. The Balaban J connectivity index is 1.48. The zero-order chi connectivity index (χ0) is 24.6. The average molecular weight is 473 g/mol. The number of benzene rings is 2. The summed E-state index contributed by atoms with van der Waals surface area (Å²) < 4.78 is 11.5. The number of nitrogens with one attached hydrogen (secondary N) is 1. The topological polar surface area (TPSA) is 86.5 Å². The zero-order valence-electron chi connectivity index (χ0n) is 20.6. The quantitative estimate of drug-likeness (QED) is 0.493. The van der Waals surface area contributed by atoms with Gasteiger partial charge < -0.3 is 24.6 Å². The molecule has 0 amide bonds. The lowest BCUT2D eigenvalue weighted by Gasteiger charge is -2.23. The summed E-state index contributed by atoms with van der Waals surface area (Å²) in [5.41, 5.74) is 4.09. The lowest BCUT2D eigenvalue weighted by molar-refractivity contribution is 0.0254. The fraction of sp³-hybridized carbons (Fsp3) is 0.370. The first-order valence-electron chi connectivity index (χ1n) is 11.9. The molecule has 1 aliphatic rings. The highest BCUT2D eigenvalue weighted by Crippen LogP contribution is 2.28. The smallest absolute Gasteiger partial charge is 0.227 e. The van der Waals surface area contributed by atoms with Crippen molar-refractivity contribution in [1.82, 2.24) is 14.9 Å². The highest BCUT2D eigenvalue weighted by molar-refractivity contribution is 5.67. The monoisotopic (exact) mass is 472 g/mol. The van der Waals surface area contributed by atoms with Crippen LogP contribution >= 0.6 is 0 Å². The van der Waals surface area contributed by atoms with Crippen LogP contribution in [0, 0.1) is 11.3 Å². The number of hydrogen-bond acceptors (Lipinski definition) is 8. The molecule has 35 heavy (non-hydrogen) atoms. The Hall–Kier alpha value is -3.67. The molecule has 0 bridgehead atoms. The van der Waals surface area contributed by atoms with Crippen molar-refractivity contribution in [3.05, 3.63) is 60.3 Å². The van der Waals surface area contributed by atoms with Crippen LogP contribution in [0.5, 0.6) is 5.75 Å². The van der Waals surface area contributed by atoms with Gasteiger partial charge in [0, 0.05) is 56.1 Å². The van der Waals surface area contributed by atoms with Gasteiger partial charge in [0.2, 0.25) is 5.95 Å². The molecule has 2 aromatic carbocycles. The van der Waals surface area contributed by atoms with E-state index in [2.05, 4.69) is 64.4 Å². The van der Waals surface area contributed by atoms with E-state index in [-0.39, 0.29) is 6.10 Å². The molecule has 182 valence electrons. The molecule has 8 nitrogen and oxygen atoms in total. The van der Waals surface area contributed by atoms with Crippen LogP contribution in [0.3, 0.4) is 0 Å². The molecule has 0 saturated carbocycles. The van der Waals surface area contributed by atoms with E-state index in [1.807, 2.05) is 36.4 Å². The van der Waals surface area contributed by atoms with Gasteiger partial charge in [0.15, 0.2) is 0 Å². The first kappa shape index (κ1) is 24.5. The van der Waals surface area contributed by atoms with E-state index in [1.165, 1.54) is 0 Å². The predicted molar refractivity (Wildman–Crippen MR) is 138 cm³/mol. The predicted octanol–water partition coefficient (Wildman–Crippen LogP) is 4.31.